The lowest BCUT2D eigenvalue weighted by Gasteiger charge is -2.33. The number of rotatable bonds is 3. The van der Waals surface area contributed by atoms with Crippen molar-refractivity contribution in [2.75, 3.05) is 23.7 Å². The molecule has 2 atom stereocenters. The molecule has 6 heteroatoms. The molecule has 0 saturated heterocycles. The minimum Gasteiger partial charge on any atom is -0.368 e. The number of hydrogen-bond donors (Lipinski definition) is 2. The molecule has 1 aliphatic rings. The van der Waals surface area contributed by atoms with Gasteiger partial charge in [-0.25, -0.2) is 0 Å². The molecule has 2 aromatic heterocycles. The van der Waals surface area contributed by atoms with E-state index in [2.05, 4.69) is 45.8 Å². The lowest BCUT2D eigenvalue weighted by atomic mass is 9.98. The molecule has 2 aromatic rings. The van der Waals surface area contributed by atoms with Gasteiger partial charge >= 0.3 is 0 Å². The fraction of sp³-hybridized carbons (Fsp3) is 0.615. The molecule has 0 aliphatic carbocycles. The minimum atomic E-state index is 0.296. The Kier molecular flexibility index (Phi) is 2.80. The number of aromatic nitrogens is 4. The third kappa shape index (κ3) is 1.91. The van der Waals surface area contributed by atoms with Gasteiger partial charge in [-0.05, 0) is 5.92 Å². The predicted octanol–water partition coefficient (Wildman–Crippen LogP) is 1.90. The summed E-state index contributed by atoms with van der Waals surface area (Å²) in [4.78, 5) is 11.0. The van der Waals surface area contributed by atoms with E-state index in [1.165, 1.54) is 0 Å². The molecule has 1 aliphatic heterocycles. The smallest absolute Gasteiger partial charge is 0.224 e. The van der Waals surface area contributed by atoms with Crippen LogP contribution in [-0.2, 0) is 0 Å². The van der Waals surface area contributed by atoms with Crippen molar-refractivity contribution in [1.29, 1.82) is 0 Å². The van der Waals surface area contributed by atoms with Crippen molar-refractivity contribution < 1.29 is 0 Å². The zero-order valence-electron chi connectivity index (χ0n) is 11.6. The Morgan fingerprint density at radius 3 is 3.00 bits per heavy atom. The standard InChI is InChI=1S/C13H20N6/c1-4-7(2)5-19-6-8(3)10-9-11(18-17-10)15-13(14)16-12(9)19/h7-8H,4-6H2,1-3H3,(H3,14,15,16,17,18). The summed E-state index contributed by atoms with van der Waals surface area (Å²) in [6, 6.07) is 0. The normalized spacial score (nSPS) is 19.9. The Morgan fingerprint density at radius 2 is 2.26 bits per heavy atom. The highest BCUT2D eigenvalue weighted by Gasteiger charge is 2.29. The summed E-state index contributed by atoms with van der Waals surface area (Å²) < 4.78 is 0. The molecule has 0 aromatic carbocycles. The first-order chi connectivity index (χ1) is 9.10. The summed E-state index contributed by atoms with van der Waals surface area (Å²) in [5.74, 6) is 2.27. The van der Waals surface area contributed by atoms with Gasteiger partial charge in [0.15, 0.2) is 5.65 Å². The van der Waals surface area contributed by atoms with E-state index in [4.69, 9.17) is 5.73 Å². The van der Waals surface area contributed by atoms with Crippen LogP contribution < -0.4 is 10.6 Å². The van der Waals surface area contributed by atoms with Crippen LogP contribution >= 0.6 is 0 Å². The molecule has 0 fully saturated rings. The van der Waals surface area contributed by atoms with Crippen molar-refractivity contribution in [2.45, 2.75) is 33.1 Å². The number of nitrogens with two attached hydrogens (primary N) is 1. The van der Waals surface area contributed by atoms with Crippen molar-refractivity contribution in [2.24, 2.45) is 5.92 Å². The first-order valence-corrected chi connectivity index (χ1v) is 6.86. The number of nitrogens with one attached hydrogen (secondary N) is 1. The fourth-order valence-corrected chi connectivity index (χ4v) is 2.70. The van der Waals surface area contributed by atoms with Crippen LogP contribution in [0, 0.1) is 5.92 Å². The van der Waals surface area contributed by atoms with Crippen molar-refractivity contribution in [1.82, 2.24) is 20.2 Å². The minimum absolute atomic E-state index is 0.296. The van der Waals surface area contributed by atoms with Gasteiger partial charge in [0, 0.05) is 19.0 Å². The van der Waals surface area contributed by atoms with Crippen molar-refractivity contribution in [3.8, 4) is 0 Å². The Hall–Kier alpha value is -1.85. The van der Waals surface area contributed by atoms with Crippen LogP contribution in [-0.4, -0.2) is 33.3 Å². The van der Waals surface area contributed by atoms with Gasteiger partial charge in [-0.1, -0.05) is 27.2 Å². The Balaban J connectivity index is 2.12. The van der Waals surface area contributed by atoms with Gasteiger partial charge < -0.3 is 10.6 Å². The van der Waals surface area contributed by atoms with Gasteiger partial charge in [0.25, 0.3) is 0 Å². The number of nitrogens with zero attached hydrogens (tertiary/aromatic N) is 4. The largest absolute Gasteiger partial charge is 0.368 e. The number of anilines is 2. The molecule has 0 spiro atoms. The van der Waals surface area contributed by atoms with Crippen molar-refractivity contribution in [3.05, 3.63) is 5.69 Å². The second-order valence-electron chi connectivity index (χ2n) is 5.56. The van der Waals surface area contributed by atoms with Crippen LogP contribution in [0.2, 0.25) is 0 Å². The van der Waals surface area contributed by atoms with Crippen LogP contribution in [0.25, 0.3) is 11.0 Å². The van der Waals surface area contributed by atoms with Gasteiger partial charge in [-0.2, -0.15) is 15.1 Å². The number of aromatic amines is 1. The molecule has 2 unspecified atom stereocenters. The predicted molar refractivity (Wildman–Crippen MR) is 76.2 cm³/mol. The van der Waals surface area contributed by atoms with Gasteiger partial charge in [0.05, 0.1) is 11.1 Å². The van der Waals surface area contributed by atoms with Crippen LogP contribution in [0.5, 0.6) is 0 Å². The van der Waals surface area contributed by atoms with E-state index in [1.807, 2.05) is 0 Å². The Labute approximate surface area is 112 Å². The quantitative estimate of drug-likeness (QED) is 0.880. The van der Waals surface area contributed by atoms with Gasteiger partial charge in [-0.15, -0.1) is 0 Å². The molecule has 0 amide bonds. The van der Waals surface area contributed by atoms with Crippen LogP contribution in [0.15, 0.2) is 0 Å². The lowest BCUT2D eigenvalue weighted by Crippen LogP contribution is -2.35. The summed E-state index contributed by atoms with van der Waals surface area (Å²) in [5.41, 5.74) is 7.60. The highest BCUT2D eigenvalue weighted by molar-refractivity contribution is 5.92. The zero-order chi connectivity index (χ0) is 13.6. The SMILES string of the molecule is CCC(C)CN1CC(C)c2[nH]nc3nc(N)nc1c23. The summed E-state index contributed by atoms with van der Waals surface area (Å²) in [6.07, 6.45) is 1.16. The molecule has 0 saturated carbocycles. The average molecular weight is 260 g/mol. The third-order valence-electron chi connectivity index (χ3n) is 3.96. The summed E-state index contributed by atoms with van der Waals surface area (Å²) >= 11 is 0. The summed E-state index contributed by atoms with van der Waals surface area (Å²) in [6.45, 7) is 8.63. The molecule has 3 N–H and O–H groups in total. The lowest BCUT2D eigenvalue weighted by molar-refractivity contribution is 0.523. The summed E-state index contributed by atoms with van der Waals surface area (Å²) in [5, 5.41) is 8.38. The van der Waals surface area contributed by atoms with E-state index >= 15 is 0 Å². The average Bonchev–Trinajstić information content (AvgIpc) is 2.79. The Morgan fingerprint density at radius 1 is 1.47 bits per heavy atom. The van der Waals surface area contributed by atoms with Gasteiger partial charge in [0.2, 0.25) is 5.95 Å². The second-order valence-corrected chi connectivity index (χ2v) is 5.56. The van der Waals surface area contributed by atoms with Crippen molar-refractivity contribution >= 4 is 22.8 Å². The van der Waals surface area contributed by atoms with E-state index in [1.54, 1.807) is 0 Å². The maximum atomic E-state index is 5.79. The number of hydrogen-bond acceptors (Lipinski definition) is 5. The van der Waals surface area contributed by atoms with Gasteiger partial charge in [-0.3, -0.25) is 5.10 Å². The highest BCUT2D eigenvalue weighted by atomic mass is 15.3. The maximum absolute atomic E-state index is 5.79. The van der Waals surface area contributed by atoms with E-state index in [-0.39, 0.29) is 0 Å². The molecule has 3 heterocycles. The van der Waals surface area contributed by atoms with Gasteiger partial charge in [0.1, 0.15) is 5.82 Å². The second kappa shape index (κ2) is 4.36. The molecule has 0 bridgehead atoms. The fourth-order valence-electron chi connectivity index (χ4n) is 2.70. The Bertz CT molecular complexity index is 604. The van der Waals surface area contributed by atoms with E-state index < -0.39 is 0 Å². The summed E-state index contributed by atoms with van der Waals surface area (Å²) in [7, 11) is 0. The van der Waals surface area contributed by atoms with Crippen molar-refractivity contribution in [3.63, 3.8) is 0 Å². The first kappa shape index (κ1) is 12.2. The number of nitrogen functional groups attached to an aromatic ring is 1. The van der Waals surface area contributed by atoms with E-state index in [9.17, 15) is 0 Å². The monoisotopic (exact) mass is 260 g/mol. The molecule has 102 valence electrons. The first-order valence-electron chi connectivity index (χ1n) is 6.86. The van der Waals surface area contributed by atoms with Crippen LogP contribution in [0.1, 0.15) is 38.8 Å². The maximum Gasteiger partial charge on any atom is 0.224 e. The molecular weight excluding hydrogens is 240 g/mol. The van der Waals surface area contributed by atoms with Crippen LogP contribution in [0.3, 0.4) is 0 Å². The van der Waals surface area contributed by atoms with E-state index in [0.29, 0.717) is 23.4 Å². The van der Waals surface area contributed by atoms with E-state index in [0.717, 1.165) is 36.4 Å². The topological polar surface area (TPSA) is 83.7 Å². The molecular formula is C13H20N6. The zero-order valence-corrected chi connectivity index (χ0v) is 11.6. The third-order valence-corrected chi connectivity index (χ3v) is 3.96. The highest BCUT2D eigenvalue weighted by Crippen LogP contribution is 2.36. The number of H-pyrrole nitrogens is 1. The molecule has 0 radical (unpaired) electrons. The molecule has 3 rings (SSSR count). The molecule has 19 heavy (non-hydrogen) atoms. The van der Waals surface area contributed by atoms with Crippen LogP contribution in [0.4, 0.5) is 11.8 Å². The molecule has 6 nitrogen and oxygen atoms in total.